The molecule has 0 aliphatic heterocycles. The van der Waals surface area contributed by atoms with Gasteiger partial charge in [-0.3, -0.25) is 4.79 Å². The summed E-state index contributed by atoms with van der Waals surface area (Å²) in [5.41, 5.74) is 0.660. The summed E-state index contributed by atoms with van der Waals surface area (Å²) >= 11 is 0. The van der Waals surface area contributed by atoms with Gasteiger partial charge in [0.2, 0.25) is 10.0 Å². The number of benzene rings is 1. The first-order valence-electron chi connectivity index (χ1n) is 6.75. The van der Waals surface area contributed by atoms with Gasteiger partial charge in [0, 0.05) is 13.6 Å². The van der Waals surface area contributed by atoms with E-state index in [4.69, 9.17) is 5.11 Å². The molecule has 2 atom stereocenters. The maximum absolute atomic E-state index is 12.8. The van der Waals surface area contributed by atoms with E-state index in [0.29, 0.717) is 24.8 Å². The number of hydrogen-bond donors (Lipinski definition) is 1. The molecule has 0 amide bonds. The standard InChI is InChI=1S/C14H18FNO4S/c1-16(9-10-5-7-11(15)8-6-10)21(19,20)13-4-2-3-12(13)14(17)18/h5-8,12-13H,2-4,9H2,1H3,(H,17,18). The van der Waals surface area contributed by atoms with Gasteiger partial charge in [-0.05, 0) is 30.5 Å². The monoisotopic (exact) mass is 315 g/mol. The van der Waals surface area contributed by atoms with Crippen molar-refractivity contribution in [3.8, 4) is 0 Å². The Bertz CT molecular complexity index is 614. The molecule has 0 heterocycles. The maximum atomic E-state index is 12.8. The molecule has 0 bridgehead atoms. The van der Waals surface area contributed by atoms with Crippen molar-refractivity contribution < 1.29 is 22.7 Å². The third-order valence-electron chi connectivity index (χ3n) is 3.91. The zero-order valence-corrected chi connectivity index (χ0v) is 12.5. The van der Waals surface area contributed by atoms with Crippen LogP contribution in [0, 0.1) is 11.7 Å². The fraction of sp³-hybridized carbons (Fsp3) is 0.500. The third kappa shape index (κ3) is 3.41. The third-order valence-corrected chi connectivity index (χ3v) is 6.23. The first kappa shape index (κ1) is 15.9. The van der Waals surface area contributed by atoms with Crippen LogP contribution in [-0.4, -0.2) is 36.1 Å². The van der Waals surface area contributed by atoms with E-state index in [1.807, 2.05) is 0 Å². The minimum Gasteiger partial charge on any atom is -0.481 e. The Balaban J connectivity index is 2.15. The summed E-state index contributed by atoms with van der Waals surface area (Å²) in [7, 11) is -2.26. The largest absolute Gasteiger partial charge is 0.481 e. The second kappa shape index (κ2) is 6.11. The van der Waals surface area contributed by atoms with Crippen molar-refractivity contribution >= 4 is 16.0 Å². The predicted molar refractivity (Wildman–Crippen MR) is 75.6 cm³/mol. The van der Waals surface area contributed by atoms with Crippen molar-refractivity contribution in [1.29, 1.82) is 0 Å². The molecular formula is C14H18FNO4S. The van der Waals surface area contributed by atoms with Gasteiger partial charge in [0.15, 0.2) is 0 Å². The van der Waals surface area contributed by atoms with Gasteiger partial charge in [0.1, 0.15) is 5.82 Å². The van der Waals surface area contributed by atoms with Crippen LogP contribution >= 0.6 is 0 Å². The molecule has 1 aromatic rings. The predicted octanol–water partition coefficient (Wildman–Crippen LogP) is 1.84. The van der Waals surface area contributed by atoms with Crippen LogP contribution in [0.15, 0.2) is 24.3 Å². The van der Waals surface area contributed by atoms with E-state index in [1.54, 1.807) is 0 Å². The van der Waals surface area contributed by atoms with E-state index in [1.165, 1.54) is 31.3 Å². The number of carboxylic acid groups (broad SMARTS) is 1. The van der Waals surface area contributed by atoms with Gasteiger partial charge in [-0.1, -0.05) is 18.6 Å². The van der Waals surface area contributed by atoms with Gasteiger partial charge in [-0.15, -0.1) is 0 Å². The number of halogens is 1. The maximum Gasteiger partial charge on any atom is 0.307 e. The summed E-state index contributed by atoms with van der Waals surface area (Å²) in [6.07, 6.45) is 1.36. The van der Waals surface area contributed by atoms with Crippen molar-refractivity contribution in [3.63, 3.8) is 0 Å². The van der Waals surface area contributed by atoms with Crippen molar-refractivity contribution in [1.82, 2.24) is 4.31 Å². The fourth-order valence-corrected chi connectivity index (χ4v) is 4.66. The summed E-state index contributed by atoms with van der Waals surface area (Å²) in [4.78, 5) is 11.2. The SMILES string of the molecule is CN(Cc1ccc(F)cc1)S(=O)(=O)C1CCCC1C(=O)O. The summed E-state index contributed by atoms with van der Waals surface area (Å²) in [6.45, 7) is 0.103. The van der Waals surface area contributed by atoms with Gasteiger partial charge < -0.3 is 5.11 Å². The van der Waals surface area contributed by atoms with Crippen LogP contribution in [0.25, 0.3) is 0 Å². The number of rotatable bonds is 5. The van der Waals surface area contributed by atoms with E-state index < -0.39 is 27.2 Å². The lowest BCUT2D eigenvalue weighted by Gasteiger charge is -2.24. The fourth-order valence-electron chi connectivity index (χ4n) is 2.73. The molecular weight excluding hydrogens is 297 g/mol. The highest BCUT2D eigenvalue weighted by atomic mass is 32.2. The van der Waals surface area contributed by atoms with Crippen LogP contribution in [0.2, 0.25) is 0 Å². The van der Waals surface area contributed by atoms with E-state index in [2.05, 4.69) is 0 Å². The zero-order chi connectivity index (χ0) is 15.6. The van der Waals surface area contributed by atoms with Crippen LogP contribution in [0.4, 0.5) is 4.39 Å². The second-order valence-electron chi connectivity index (χ2n) is 5.34. The second-order valence-corrected chi connectivity index (χ2v) is 7.60. The number of carbonyl (C=O) groups is 1. The van der Waals surface area contributed by atoms with Crippen molar-refractivity contribution in [2.24, 2.45) is 5.92 Å². The molecule has 1 aliphatic carbocycles. The van der Waals surface area contributed by atoms with Gasteiger partial charge >= 0.3 is 5.97 Å². The molecule has 1 N–H and O–H groups in total. The Morgan fingerprint density at radius 1 is 1.33 bits per heavy atom. The number of nitrogens with zero attached hydrogens (tertiary/aromatic N) is 1. The molecule has 1 saturated carbocycles. The van der Waals surface area contributed by atoms with Crippen molar-refractivity contribution in [3.05, 3.63) is 35.6 Å². The highest BCUT2D eigenvalue weighted by Gasteiger charge is 2.43. The molecule has 21 heavy (non-hydrogen) atoms. The van der Waals surface area contributed by atoms with Crippen molar-refractivity contribution in [2.75, 3.05) is 7.05 Å². The molecule has 7 heteroatoms. The highest BCUT2D eigenvalue weighted by molar-refractivity contribution is 7.89. The van der Waals surface area contributed by atoms with E-state index in [0.717, 1.165) is 4.31 Å². The minimum atomic E-state index is -3.68. The summed E-state index contributed by atoms with van der Waals surface area (Å²) < 4.78 is 39.0. The molecule has 0 saturated heterocycles. The lowest BCUT2D eigenvalue weighted by Crippen LogP contribution is -2.39. The highest BCUT2D eigenvalue weighted by Crippen LogP contribution is 2.33. The first-order valence-corrected chi connectivity index (χ1v) is 8.25. The Morgan fingerprint density at radius 3 is 2.52 bits per heavy atom. The van der Waals surface area contributed by atoms with Gasteiger partial charge in [0.25, 0.3) is 0 Å². The molecule has 2 rings (SSSR count). The molecule has 0 spiro atoms. The molecule has 0 radical (unpaired) electrons. The lowest BCUT2D eigenvalue weighted by atomic mass is 10.1. The quantitative estimate of drug-likeness (QED) is 0.899. The Hall–Kier alpha value is -1.47. The van der Waals surface area contributed by atoms with Gasteiger partial charge in [-0.25, -0.2) is 17.1 Å². The van der Waals surface area contributed by atoms with E-state index in [9.17, 15) is 17.6 Å². The molecule has 116 valence electrons. The Morgan fingerprint density at radius 2 is 1.95 bits per heavy atom. The van der Waals surface area contributed by atoms with Crippen molar-refractivity contribution in [2.45, 2.75) is 31.1 Å². The van der Waals surface area contributed by atoms with Gasteiger partial charge in [-0.2, -0.15) is 0 Å². The Labute approximate surface area is 123 Å². The molecule has 0 aromatic heterocycles. The lowest BCUT2D eigenvalue weighted by molar-refractivity contribution is -0.141. The van der Waals surface area contributed by atoms with Crippen LogP contribution in [0.5, 0.6) is 0 Å². The first-order chi connectivity index (χ1) is 9.82. The average Bonchev–Trinajstić information content (AvgIpc) is 2.91. The average molecular weight is 315 g/mol. The van der Waals surface area contributed by atoms with Crippen LogP contribution in [0.1, 0.15) is 24.8 Å². The normalized spacial score (nSPS) is 22.6. The summed E-state index contributed by atoms with van der Waals surface area (Å²) in [6, 6.07) is 5.58. The number of sulfonamides is 1. The molecule has 5 nitrogen and oxygen atoms in total. The van der Waals surface area contributed by atoms with Crippen LogP contribution in [-0.2, 0) is 21.4 Å². The van der Waals surface area contributed by atoms with Gasteiger partial charge in [0.05, 0.1) is 11.2 Å². The molecule has 1 aliphatic rings. The molecule has 1 fully saturated rings. The number of hydrogen-bond acceptors (Lipinski definition) is 3. The number of carboxylic acids is 1. The smallest absolute Gasteiger partial charge is 0.307 e. The van der Waals surface area contributed by atoms with E-state index >= 15 is 0 Å². The number of aliphatic carboxylic acids is 1. The summed E-state index contributed by atoms with van der Waals surface area (Å²) in [5.74, 6) is -2.28. The Kier molecular flexibility index (Phi) is 4.63. The van der Waals surface area contributed by atoms with Crippen LogP contribution < -0.4 is 0 Å². The summed E-state index contributed by atoms with van der Waals surface area (Å²) in [5, 5.41) is 8.25. The van der Waals surface area contributed by atoms with Crippen LogP contribution in [0.3, 0.4) is 0 Å². The topological polar surface area (TPSA) is 74.7 Å². The van der Waals surface area contributed by atoms with E-state index in [-0.39, 0.29) is 12.4 Å². The molecule has 2 unspecified atom stereocenters. The molecule has 1 aromatic carbocycles. The minimum absolute atomic E-state index is 0.103. The zero-order valence-electron chi connectivity index (χ0n) is 11.7.